The first-order valence-corrected chi connectivity index (χ1v) is 10.1. The maximum Gasteiger partial charge on any atom is 0.124 e. The third kappa shape index (κ3) is 5.04. The third-order valence-corrected chi connectivity index (χ3v) is 5.61. The van der Waals surface area contributed by atoms with Crippen molar-refractivity contribution in [2.24, 2.45) is 11.8 Å². The van der Waals surface area contributed by atoms with E-state index in [0.29, 0.717) is 11.8 Å². The molecule has 27 heavy (non-hydrogen) atoms. The molecule has 3 heteroatoms. The highest BCUT2D eigenvalue weighted by Gasteiger charge is 2.19. The molecule has 0 aliphatic heterocycles. The topological polar surface area (TPSA) is 33.1 Å². The van der Waals surface area contributed by atoms with Crippen LogP contribution in [0.1, 0.15) is 56.9 Å². The molecule has 2 aromatic rings. The quantitative estimate of drug-likeness (QED) is 0.722. The Hall–Kier alpha value is -2.00. The maximum atomic E-state index is 13.9. The van der Waals surface area contributed by atoms with Crippen LogP contribution in [0.5, 0.6) is 0 Å². The van der Waals surface area contributed by atoms with Gasteiger partial charge in [-0.15, -0.1) is 0 Å². The highest BCUT2D eigenvalue weighted by atomic mass is 19.1. The van der Waals surface area contributed by atoms with Crippen LogP contribution >= 0.6 is 0 Å². The van der Waals surface area contributed by atoms with Gasteiger partial charge in [0.2, 0.25) is 0 Å². The summed E-state index contributed by atoms with van der Waals surface area (Å²) < 4.78 is 13.9. The summed E-state index contributed by atoms with van der Waals surface area (Å²) in [6.07, 6.45) is 10.5. The van der Waals surface area contributed by atoms with Crippen LogP contribution in [0.25, 0.3) is 17.2 Å². The fourth-order valence-corrected chi connectivity index (χ4v) is 3.73. The summed E-state index contributed by atoms with van der Waals surface area (Å²) in [5.41, 5.74) is 5.07. The molecule has 0 saturated carbocycles. The number of pyridine rings is 1. The minimum atomic E-state index is -0.244. The number of benzene rings is 1. The van der Waals surface area contributed by atoms with Crippen molar-refractivity contribution in [3.05, 3.63) is 59.2 Å². The Labute approximate surface area is 162 Å². The average Bonchev–Trinajstić information content (AvgIpc) is 2.63. The van der Waals surface area contributed by atoms with Gasteiger partial charge in [0.1, 0.15) is 5.82 Å². The predicted octanol–water partition coefficient (Wildman–Crippen LogP) is 5.82. The standard InChI is InChI=1S/C24H30FNO/c1-4-17-10-20(14-22(25)11-17)21-13-19-9-8-18(12-24(27)16(2)3)6-5-7-23(19)26-15-21/h5,7,10-11,13-16,18,24,27H,4,6,8-9,12H2,1-3H3/b7-5-. The van der Waals surface area contributed by atoms with Crippen molar-refractivity contribution in [2.75, 3.05) is 0 Å². The predicted molar refractivity (Wildman–Crippen MR) is 110 cm³/mol. The molecule has 0 amide bonds. The van der Waals surface area contributed by atoms with Crippen LogP contribution in [0.2, 0.25) is 0 Å². The number of aliphatic hydroxyl groups is 1. The summed E-state index contributed by atoms with van der Waals surface area (Å²) in [4.78, 5) is 4.64. The van der Waals surface area contributed by atoms with Gasteiger partial charge in [-0.05, 0) is 84.9 Å². The van der Waals surface area contributed by atoms with E-state index in [1.807, 2.05) is 19.2 Å². The summed E-state index contributed by atoms with van der Waals surface area (Å²) in [6.45, 7) is 6.17. The van der Waals surface area contributed by atoms with Crippen molar-refractivity contribution < 1.29 is 9.50 Å². The molecule has 1 aromatic carbocycles. The number of hydrogen-bond acceptors (Lipinski definition) is 2. The Bertz CT molecular complexity index is 812. The van der Waals surface area contributed by atoms with Gasteiger partial charge in [0.25, 0.3) is 0 Å². The highest BCUT2D eigenvalue weighted by Crippen LogP contribution is 2.29. The van der Waals surface area contributed by atoms with E-state index in [1.165, 1.54) is 5.56 Å². The van der Waals surface area contributed by atoms with Gasteiger partial charge in [-0.3, -0.25) is 4.98 Å². The molecule has 0 bridgehead atoms. The third-order valence-electron chi connectivity index (χ3n) is 5.61. The lowest BCUT2D eigenvalue weighted by molar-refractivity contribution is 0.0956. The second kappa shape index (κ2) is 8.79. The normalized spacial score (nSPS) is 19.3. The molecule has 1 N–H and O–H groups in total. The molecule has 2 unspecified atom stereocenters. The number of aromatic nitrogens is 1. The van der Waals surface area contributed by atoms with E-state index in [1.54, 1.807) is 12.1 Å². The van der Waals surface area contributed by atoms with Crippen molar-refractivity contribution in [3.8, 4) is 11.1 Å². The first kappa shape index (κ1) is 19.8. The van der Waals surface area contributed by atoms with Crippen LogP contribution < -0.4 is 0 Å². The molecule has 3 rings (SSSR count). The van der Waals surface area contributed by atoms with Crippen LogP contribution in [0.15, 0.2) is 36.5 Å². The molecule has 0 saturated heterocycles. The fourth-order valence-electron chi connectivity index (χ4n) is 3.73. The molecule has 144 valence electrons. The highest BCUT2D eigenvalue weighted by molar-refractivity contribution is 5.66. The number of allylic oxidation sites excluding steroid dienone is 1. The van der Waals surface area contributed by atoms with Crippen LogP contribution in [-0.2, 0) is 12.8 Å². The van der Waals surface area contributed by atoms with E-state index in [2.05, 4.69) is 37.0 Å². The van der Waals surface area contributed by atoms with Crippen molar-refractivity contribution >= 4 is 6.08 Å². The zero-order chi connectivity index (χ0) is 19.4. The van der Waals surface area contributed by atoms with Crippen LogP contribution in [0.3, 0.4) is 0 Å². The largest absolute Gasteiger partial charge is 0.393 e. The van der Waals surface area contributed by atoms with Gasteiger partial charge >= 0.3 is 0 Å². The molecular weight excluding hydrogens is 337 g/mol. The second-order valence-corrected chi connectivity index (χ2v) is 8.06. The number of halogens is 1. The van der Waals surface area contributed by atoms with Gasteiger partial charge in [-0.25, -0.2) is 4.39 Å². The Kier molecular flexibility index (Phi) is 6.43. The van der Waals surface area contributed by atoms with Crippen molar-refractivity contribution in [2.45, 2.75) is 59.0 Å². The van der Waals surface area contributed by atoms with E-state index in [4.69, 9.17) is 0 Å². The molecule has 0 spiro atoms. The average molecular weight is 368 g/mol. The van der Waals surface area contributed by atoms with Gasteiger partial charge in [-0.2, -0.15) is 0 Å². The molecule has 2 nitrogen and oxygen atoms in total. The van der Waals surface area contributed by atoms with E-state index < -0.39 is 0 Å². The number of fused-ring (bicyclic) bond motifs is 1. The molecule has 0 fully saturated rings. The zero-order valence-electron chi connectivity index (χ0n) is 16.6. The molecule has 1 heterocycles. The zero-order valence-corrected chi connectivity index (χ0v) is 16.6. The monoisotopic (exact) mass is 367 g/mol. The van der Waals surface area contributed by atoms with Gasteiger partial charge in [0.15, 0.2) is 0 Å². The van der Waals surface area contributed by atoms with Crippen molar-refractivity contribution in [1.29, 1.82) is 0 Å². The summed E-state index contributed by atoms with van der Waals surface area (Å²) >= 11 is 0. The minimum Gasteiger partial charge on any atom is -0.393 e. The first-order valence-electron chi connectivity index (χ1n) is 10.1. The summed E-state index contributed by atoms with van der Waals surface area (Å²) in [6, 6.07) is 7.39. The number of aliphatic hydroxyl groups excluding tert-OH is 1. The first-order chi connectivity index (χ1) is 13.0. The van der Waals surface area contributed by atoms with E-state index in [0.717, 1.165) is 54.5 Å². The summed E-state index contributed by atoms with van der Waals surface area (Å²) in [5.74, 6) is 0.579. The molecule has 1 aromatic heterocycles. The lowest BCUT2D eigenvalue weighted by Gasteiger charge is -2.23. The lowest BCUT2D eigenvalue weighted by atomic mass is 9.86. The summed E-state index contributed by atoms with van der Waals surface area (Å²) in [7, 11) is 0. The molecule has 2 atom stereocenters. The van der Waals surface area contributed by atoms with Gasteiger partial charge in [0.05, 0.1) is 11.8 Å². The number of aryl methyl sites for hydroxylation is 2. The van der Waals surface area contributed by atoms with E-state index >= 15 is 0 Å². The molecule has 1 aliphatic carbocycles. The van der Waals surface area contributed by atoms with Crippen LogP contribution in [-0.4, -0.2) is 16.2 Å². The fraction of sp³-hybridized carbons (Fsp3) is 0.458. The Balaban J connectivity index is 1.83. The van der Waals surface area contributed by atoms with Crippen LogP contribution in [0, 0.1) is 17.7 Å². The lowest BCUT2D eigenvalue weighted by Crippen LogP contribution is -2.20. The van der Waals surface area contributed by atoms with Gasteiger partial charge in [-0.1, -0.05) is 32.9 Å². The van der Waals surface area contributed by atoms with Gasteiger partial charge < -0.3 is 5.11 Å². The minimum absolute atomic E-state index is 0.196. The number of hydrogen-bond donors (Lipinski definition) is 1. The Morgan fingerprint density at radius 2 is 2.00 bits per heavy atom. The van der Waals surface area contributed by atoms with Crippen LogP contribution in [0.4, 0.5) is 4.39 Å². The van der Waals surface area contributed by atoms with E-state index in [9.17, 15) is 9.50 Å². The van der Waals surface area contributed by atoms with Crippen molar-refractivity contribution in [1.82, 2.24) is 4.98 Å². The molecule has 1 aliphatic rings. The summed E-state index contributed by atoms with van der Waals surface area (Å²) in [5, 5.41) is 10.2. The van der Waals surface area contributed by atoms with Crippen molar-refractivity contribution in [3.63, 3.8) is 0 Å². The Morgan fingerprint density at radius 3 is 2.74 bits per heavy atom. The smallest absolute Gasteiger partial charge is 0.124 e. The maximum absolute atomic E-state index is 13.9. The Morgan fingerprint density at radius 1 is 1.19 bits per heavy atom. The molecule has 0 radical (unpaired) electrons. The SMILES string of the molecule is CCc1cc(F)cc(-c2cnc3c(c2)CCC(CC(O)C(C)C)C/C=C\3)c1. The second-order valence-electron chi connectivity index (χ2n) is 8.06. The van der Waals surface area contributed by atoms with Gasteiger partial charge in [0, 0.05) is 11.8 Å². The van der Waals surface area contributed by atoms with E-state index in [-0.39, 0.29) is 11.9 Å². The molecular formula is C24H30FNO. The number of nitrogens with zero attached hydrogens (tertiary/aromatic N) is 1. The number of rotatable bonds is 5.